The molecule has 0 radical (unpaired) electrons. The number of hydrogen-bond acceptors (Lipinski definition) is 6. The summed E-state index contributed by atoms with van der Waals surface area (Å²) in [4.78, 5) is 20.4. The van der Waals surface area contributed by atoms with Crippen LogP contribution < -0.4 is 4.74 Å². The van der Waals surface area contributed by atoms with Gasteiger partial charge in [-0.05, 0) is 55.5 Å². The molecule has 0 atom stereocenters. The fraction of sp³-hybridized carbons (Fsp3) is 0.217. The second kappa shape index (κ2) is 11.0. The molecule has 0 saturated carbocycles. The molecule has 0 spiro atoms. The van der Waals surface area contributed by atoms with Crippen LogP contribution in [0.3, 0.4) is 0 Å². The van der Waals surface area contributed by atoms with Crippen molar-refractivity contribution < 1.29 is 19.7 Å². The lowest BCUT2D eigenvalue weighted by molar-refractivity contribution is -0.386. The Hall–Kier alpha value is -3.36. The van der Waals surface area contributed by atoms with Crippen molar-refractivity contribution in [3.8, 4) is 11.5 Å². The number of rotatable bonds is 5. The Labute approximate surface area is 200 Å². The molecule has 3 aromatic rings. The Bertz CT molecular complexity index is 1200. The quantitative estimate of drug-likeness (QED) is 0.302. The number of aryl methyl sites for hydroxylation is 2. The van der Waals surface area contributed by atoms with Gasteiger partial charge in [-0.1, -0.05) is 53.5 Å². The third-order valence-electron chi connectivity index (χ3n) is 5.05. The van der Waals surface area contributed by atoms with Gasteiger partial charge in [-0.15, -0.1) is 0 Å². The lowest BCUT2D eigenvalue weighted by Crippen LogP contribution is -2.01. The Morgan fingerprint density at radius 2 is 1.33 bits per heavy atom. The lowest BCUT2D eigenvalue weighted by Gasteiger charge is -2.12. The van der Waals surface area contributed by atoms with Gasteiger partial charge in [-0.3, -0.25) is 20.2 Å². The van der Waals surface area contributed by atoms with E-state index in [-0.39, 0.29) is 28.8 Å². The molecule has 0 fully saturated rings. The zero-order valence-corrected chi connectivity index (χ0v) is 19.9. The maximum absolute atomic E-state index is 11.1. The molecule has 3 rings (SSSR count). The highest BCUT2D eigenvalue weighted by molar-refractivity contribution is 6.33. The van der Waals surface area contributed by atoms with E-state index in [1.165, 1.54) is 12.1 Å². The molecule has 0 heterocycles. The highest BCUT2D eigenvalue weighted by Gasteiger charge is 2.22. The molecule has 33 heavy (non-hydrogen) atoms. The monoisotopic (exact) mass is 492 g/mol. The van der Waals surface area contributed by atoms with Gasteiger partial charge < -0.3 is 9.84 Å². The summed E-state index contributed by atoms with van der Waals surface area (Å²) in [5, 5.41) is 31.2. The summed E-state index contributed by atoms with van der Waals surface area (Å²) in [6.07, 6.45) is 0. The number of benzene rings is 3. The SMILES string of the molecule is Cc1cc([N+](=O)[O-])c(O)c(Cl)c1C.Cc1cc([N+](=O)[O-])c(OCc2ccccc2)c(Cl)c1C. The second-order valence-electron chi connectivity index (χ2n) is 7.27. The van der Waals surface area contributed by atoms with Crippen molar-refractivity contribution in [1.29, 1.82) is 0 Å². The minimum absolute atomic E-state index is 0.0479. The van der Waals surface area contributed by atoms with Crippen LogP contribution in [0.4, 0.5) is 11.4 Å². The highest BCUT2D eigenvalue weighted by atomic mass is 35.5. The molecule has 8 nitrogen and oxygen atoms in total. The Morgan fingerprint density at radius 3 is 1.85 bits per heavy atom. The number of hydrogen-bond donors (Lipinski definition) is 1. The summed E-state index contributed by atoms with van der Waals surface area (Å²) < 4.78 is 5.58. The topological polar surface area (TPSA) is 116 Å². The summed E-state index contributed by atoms with van der Waals surface area (Å²) in [6.45, 7) is 7.24. The Kier molecular flexibility index (Phi) is 8.62. The van der Waals surface area contributed by atoms with E-state index in [0.717, 1.165) is 16.7 Å². The normalized spacial score (nSPS) is 10.2. The van der Waals surface area contributed by atoms with Crippen LogP contribution in [0.15, 0.2) is 42.5 Å². The van der Waals surface area contributed by atoms with E-state index in [4.69, 9.17) is 27.9 Å². The molecule has 174 valence electrons. The molecule has 0 aliphatic heterocycles. The molecule has 0 bridgehead atoms. The minimum Gasteiger partial charge on any atom is -0.501 e. The van der Waals surface area contributed by atoms with E-state index < -0.39 is 15.6 Å². The largest absolute Gasteiger partial charge is 0.501 e. The van der Waals surface area contributed by atoms with E-state index in [9.17, 15) is 25.3 Å². The smallest absolute Gasteiger partial charge is 0.312 e. The number of phenolic OH excluding ortho intramolecular Hbond substituents is 1. The molecule has 10 heteroatoms. The maximum atomic E-state index is 11.1. The van der Waals surface area contributed by atoms with Gasteiger partial charge in [0, 0.05) is 12.1 Å². The lowest BCUT2D eigenvalue weighted by atomic mass is 10.1. The first-order valence-corrected chi connectivity index (χ1v) is 10.4. The number of ether oxygens (including phenoxy) is 1. The number of halogens is 2. The Balaban J connectivity index is 0.000000257. The third kappa shape index (κ3) is 6.12. The molecule has 1 N–H and O–H groups in total. The van der Waals surface area contributed by atoms with Gasteiger partial charge in [-0.25, -0.2) is 0 Å². The van der Waals surface area contributed by atoms with Gasteiger partial charge in [0.05, 0.1) is 19.9 Å². The Morgan fingerprint density at radius 1 is 0.848 bits per heavy atom. The molecule has 0 aliphatic rings. The van der Waals surface area contributed by atoms with E-state index >= 15 is 0 Å². The van der Waals surface area contributed by atoms with Gasteiger partial charge in [0.1, 0.15) is 6.61 Å². The van der Waals surface area contributed by atoms with Crippen LogP contribution >= 0.6 is 23.2 Å². The number of phenols is 1. The van der Waals surface area contributed by atoms with Gasteiger partial charge in [0.15, 0.2) is 0 Å². The van der Waals surface area contributed by atoms with Crippen LogP contribution in [0, 0.1) is 47.9 Å². The minimum atomic E-state index is -0.659. The van der Waals surface area contributed by atoms with Crippen LogP contribution in [0.5, 0.6) is 11.5 Å². The molecule has 3 aromatic carbocycles. The molecule has 0 saturated heterocycles. The third-order valence-corrected chi connectivity index (χ3v) is 5.97. The highest BCUT2D eigenvalue weighted by Crippen LogP contribution is 2.39. The molecular formula is C23H22Cl2N2O6. The summed E-state index contributed by atoms with van der Waals surface area (Å²) in [5.74, 6) is -0.335. The van der Waals surface area contributed by atoms with Crippen molar-refractivity contribution in [2.45, 2.75) is 34.3 Å². The average Bonchev–Trinajstić information content (AvgIpc) is 2.78. The summed E-state index contributed by atoms with van der Waals surface area (Å²) in [5.41, 5.74) is 3.38. The first-order valence-electron chi connectivity index (χ1n) is 9.69. The summed E-state index contributed by atoms with van der Waals surface area (Å²) >= 11 is 11.9. The zero-order valence-electron chi connectivity index (χ0n) is 18.4. The van der Waals surface area contributed by atoms with Crippen molar-refractivity contribution in [2.75, 3.05) is 0 Å². The van der Waals surface area contributed by atoms with Crippen LogP contribution in [0.1, 0.15) is 27.8 Å². The number of nitro groups is 2. The average molecular weight is 493 g/mol. The van der Waals surface area contributed by atoms with Gasteiger partial charge in [0.2, 0.25) is 11.5 Å². The van der Waals surface area contributed by atoms with Gasteiger partial charge >= 0.3 is 11.4 Å². The zero-order chi connectivity index (χ0) is 24.9. The second-order valence-corrected chi connectivity index (χ2v) is 8.03. The standard InChI is InChI=1S/C15H14ClNO3.C8H8ClNO3/c1-10-8-13(17(18)19)15(14(16)11(10)2)20-9-12-6-4-3-5-7-12;1-4-3-6(10(12)13)8(11)7(9)5(4)2/h3-8H,9H2,1-2H3;3,11H,1-2H3. The first kappa shape index (κ1) is 25.9. The molecular weight excluding hydrogens is 471 g/mol. The summed E-state index contributed by atoms with van der Waals surface area (Å²) in [6, 6.07) is 12.2. The molecule has 0 amide bonds. The summed E-state index contributed by atoms with van der Waals surface area (Å²) in [7, 11) is 0. The number of nitro benzene ring substituents is 2. The van der Waals surface area contributed by atoms with E-state index in [2.05, 4.69) is 0 Å². The molecule has 0 unspecified atom stereocenters. The van der Waals surface area contributed by atoms with Crippen molar-refractivity contribution in [1.82, 2.24) is 0 Å². The van der Waals surface area contributed by atoms with Crippen molar-refractivity contribution >= 4 is 34.6 Å². The van der Waals surface area contributed by atoms with Crippen LogP contribution in [-0.4, -0.2) is 15.0 Å². The van der Waals surface area contributed by atoms with E-state index in [0.29, 0.717) is 16.1 Å². The van der Waals surface area contributed by atoms with Crippen molar-refractivity contribution in [2.24, 2.45) is 0 Å². The first-order chi connectivity index (χ1) is 15.5. The maximum Gasteiger partial charge on any atom is 0.312 e. The fourth-order valence-corrected chi connectivity index (χ4v) is 3.37. The molecule has 0 aliphatic carbocycles. The van der Waals surface area contributed by atoms with Crippen LogP contribution in [0.25, 0.3) is 0 Å². The predicted molar refractivity (Wildman–Crippen MR) is 128 cm³/mol. The fourth-order valence-electron chi connectivity index (χ4n) is 2.82. The molecule has 0 aromatic heterocycles. The van der Waals surface area contributed by atoms with Crippen LogP contribution in [0.2, 0.25) is 10.0 Å². The van der Waals surface area contributed by atoms with Crippen molar-refractivity contribution in [3.05, 3.63) is 101 Å². The van der Waals surface area contributed by atoms with Gasteiger partial charge in [0.25, 0.3) is 0 Å². The van der Waals surface area contributed by atoms with Crippen molar-refractivity contribution in [3.63, 3.8) is 0 Å². The number of nitrogens with zero attached hydrogens (tertiary/aromatic N) is 2. The van der Waals surface area contributed by atoms with Gasteiger partial charge in [-0.2, -0.15) is 0 Å². The van der Waals surface area contributed by atoms with E-state index in [1.54, 1.807) is 20.8 Å². The number of aromatic hydroxyl groups is 1. The predicted octanol–water partition coefficient (Wildman–Crippen LogP) is 7.01. The van der Waals surface area contributed by atoms with Crippen LogP contribution in [-0.2, 0) is 6.61 Å². The van der Waals surface area contributed by atoms with E-state index in [1.807, 2.05) is 37.3 Å².